The molecule has 0 bridgehead atoms. The summed E-state index contributed by atoms with van der Waals surface area (Å²) in [5, 5.41) is 0. The van der Waals surface area contributed by atoms with E-state index in [1.807, 2.05) is 12.2 Å². The Morgan fingerprint density at radius 1 is 1.36 bits per heavy atom. The van der Waals surface area contributed by atoms with Crippen molar-refractivity contribution in [1.82, 2.24) is 0 Å². The Morgan fingerprint density at radius 3 is 2.79 bits per heavy atom. The van der Waals surface area contributed by atoms with Crippen LogP contribution in [0.25, 0.3) is 0 Å². The Kier molecular flexibility index (Phi) is 5.04. The van der Waals surface area contributed by atoms with E-state index in [4.69, 9.17) is 4.74 Å². The first kappa shape index (κ1) is 11.6. The number of halogens is 2. The summed E-state index contributed by atoms with van der Waals surface area (Å²) in [6.45, 7) is 0.427. The van der Waals surface area contributed by atoms with Crippen LogP contribution in [0.3, 0.4) is 0 Å². The highest BCUT2D eigenvalue weighted by atomic mass is 79.9. The van der Waals surface area contributed by atoms with Gasteiger partial charge in [0.15, 0.2) is 0 Å². The molecule has 0 radical (unpaired) electrons. The summed E-state index contributed by atoms with van der Waals surface area (Å²) < 4.78 is 18.8. The van der Waals surface area contributed by atoms with Crippen molar-refractivity contribution in [3.63, 3.8) is 0 Å². The van der Waals surface area contributed by atoms with Crippen LogP contribution in [0.2, 0.25) is 0 Å². The molecule has 0 N–H and O–H groups in total. The zero-order valence-corrected chi connectivity index (χ0v) is 9.89. The lowest BCUT2D eigenvalue weighted by Gasteiger charge is -2.03. The molecule has 0 atom stereocenters. The highest BCUT2D eigenvalue weighted by Crippen LogP contribution is 2.20. The topological polar surface area (TPSA) is 9.23 Å². The minimum atomic E-state index is -0.312. The average molecular weight is 277 g/mol. The van der Waals surface area contributed by atoms with Crippen molar-refractivity contribution in [2.24, 2.45) is 0 Å². The molecular weight excluding hydrogens is 267 g/mol. The largest absolute Gasteiger partial charge is 0.489 e. The first-order chi connectivity index (χ1) is 6.72. The van der Waals surface area contributed by atoms with Crippen LogP contribution < -0.4 is 4.74 Å². The zero-order chi connectivity index (χ0) is 10.4. The van der Waals surface area contributed by atoms with Gasteiger partial charge in [0.1, 0.15) is 18.2 Å². The van der Waals surface area contributed by atoms with Crippen LogP contribution in [0.15, 0.2) is 34.8 Å². The quantitative estimate of drug-likeness (QED) is 0.655. The minimum Gasteiger partial charge on any atom is -0.489 e. The molecule has 0 unspecified atom stereocenters. The van der Waals surface area contributed by atoms with Crippen LogP contribution in [0.1, 0.15) is 0 Å². The second-order valence-corrected chi connectivity index (χ2v) is 3.85. The highest BCUT2D eigenvalue weighted by Gasteiger charge is 1.98. The van der Waals surface area contributed by atoms with E-state index in [0.29, 0.717) is 22.6 Å². The van der Waals surface area contributed by atoms with Gasteiger partial charge in [-0.3, -0.25) is 0 Å². The number of benzene rings is 1. The first-order valence-electron chi connectivity index (χ1n) is 4.07. The van der Waals surface area contributed by atoms with Crippen LogP contribution in [-0.4, -0.2) is 12.4 Å². The zero-order valence-electron chi connectivity index (χ0n) is 7.41. The molecule has 0 amide bonds. The molecule has 0 heterocycles. The monoisotopic (exact) mass is 276 g/mol. The molecule has 1 aromatic rings. The van der Waals surface area contributed by atoms with E-state index < -0.39 is 0 Å². The lowest BCUT2D eigenvalue weighted by molar-refractivity contribution is 0.360. The molecule has 0 spiro atoms. The van der Waals surface area contributed by atoms with E-state index in [-0.39, 0.29) is 5.82 Å². The summed E-state index contributed by atoms with van der Waals surface area (Å²) in [7, 11) is 0. The smallest absolute Gasteiger partial charge is 0.128 e. The molecule has 0 saturated heterocycles. The highest BCUT2D eigenvalue weighted by molar-refractivity contribution is 9.10. The van der Waals surface area contributed by atoms with Crippen LogP contribution in [-0.2, 0) is 0 Å². The molecule has 0 aliphatic carbocycles. The standard InChI is InChI=1S/C10H10BrFOS/c11-8-5-9(12)7-10(6-8)13-3-1-2-4-14/h1-2,5-7,14H,3-4H2/b2-1+. The minimum absolute atomic E-state index is 0.312. The summed E-state index contributed by atoms with van der Waals surface area (Å²) in [5.74, 6) is 0.879. The number of hydrogen-bond donors (Lipinski definition) is 1. The van der Waals surface area contributed by atoms with Crippen molar-refractivity contribution in [2.75, 3.05) is 12.4 Å². The molecule has 1 aromatic carbocycles. The molecule has 1 nitrogen and oxygen atoms in total. The Morgan fingerprint density at radius 2 is 2.14 bits per heavy atom. The van der Waals surface area contributed by atoms with Crippen molar-refractivity contribution >= 4 is 28.6 Å². The van der Waals surface area contributed by atoms with E-state index in [1.165, 1.54) is 12.1 Å². The van der Waals surface area contributed by atoms with Gasteiger partial charge in [-0.15, -0.1) is 0 Å². The molecule has 0 aromatic heterocycles. The van der Waals surface area contributed by atoms with E-state index in [9.17, 15) is 4.39 Å². The SMILES string of the molecule is Fc1cc(Br)cc(OC/C=C/CS)c1. The van der Waals surface area contributed by atoms with Crippen molar-refractivity contribution in [2.45, 2.75) is 0 Å². The molecular formula is C10H10BrFOS. The predicted molar refractivity (Wildman–Crippen MR) is 62.6 cm³/mol. The number of rotatable bonds is 4. The van der Waals surface area contributed by atoms with Crippen LogP contribution >= 0.6 is 28.6 Å². The van der Waals surface area contributed by atoms with Gasteiger partial charge < -0.3 is 4.74 Å². The second kappa shape index (κ2) is 6.09. The molecule has 0 saturated carbocycles. The normalized spacial score (nSPS) is 10.8. The fourth-order valence-electron chi connectivity index (χ4n) is 0.899. The van der Waals surface area contributed by atoms with Gasteiger partial charge in [-0.1, -0.05) is 28.1 Å². The Bertz CT molecular complexity index is 308. The number of thiol groups is 1. The summed E-state index contributed by atoms with van der Waals surface area (Å²) in [5.41, 5.74) is 0. The van der Waals surface area contributed by atoms with Gasteiger partial charge in [-0.25, -0.2) is 4.39 Å². The average Bonchev–Trinajstić information content (AvgIpc) is 2.11. The lowest BCUT2D eigenvalue weighted by Crippen LogP contribution is -1.94. The molecule has 14 heavy (non-hydrogen) atoms. The molecule has 4 heteroatoms. The third kappa shape index (κ3) is 4.15. The van der Waals surface area contributed by atoms with Crippen LogP contribution in [0, 0.1) is 5.82 Å². The van der Waals surface area contributed by atoms with Gasteiger partial charge in [0, 0.05) is 16.3 Å². The summed E-state index contributed by atoms with van der Waals surface area (Å²) >= 11 is 7.19. The maximum Gasteiger partial charge on any atom is 0.128 e. The van der Waals surface area contributed by atoms with E-state index in [2.05, 4.69) is 28.6 Å². The van der Waals surface area contributed by atoms with E-state index in [1.54, 1.807) is 6.07 Å². The van der Waals surface area contributed by atoms with Gasteiger partial charge >= 0.3 is 0 Å². The predicted octanol–water partition coefficient (Wildman–Crippen LogP) is 3.45. The van der Waals surface area contributed by atoms with Crippen molar-refractivity contribution in [1.29, 1.82) is 0 Å². The maximum absolute atomic E-state index is 12.9. The lowest BCUT2D eigenvalue weighted by atomic mass is 10.3. The Balaban J connectivity index is 2.54. The number of ether oxygens (including phenoxy) is 1. The summed E-state index contributed by atoms with van der Waals surface area (Å²) in [6.07, 6.45) is 3.71. The third-order valence-corrected chi connectivity index (χ3v) is 2.12. The molecule has 0 aliphatic rings. The van der Waals surface area contributed by atoms with Crippen molar-refractivity contribution in [3.05, 3.63) is 40.6 Å². The Hall–Kier alpha value is -0.480. The van der Waals surface area contributed by atoms with E-state index >= 15 is 0 Å². The summed E-state index contributed by atoms with van der Waals surface area (Å²) in [4.78, 5) is 0. The molecule has 0 fully saturated rings. The summed E-state index contributed by atoms with van der Waals surface area (Å²) in [6, 6.07) is 4.45. The first-order valence-corrected chi connectivity index (χ1v) is 5.49. The molecule has 76 valence electrons. The van der Waals surface area contributed by atoms with Crippen LogP contribution in [0.5, 0.6) is 5.75 Å². The van der Waals surface area contributed by atoms with Gasteiger partial charge in [0.2, 0.25) is 0 Å². The second-order valence-electron chi connectivity index (χ2n) is 2.57. The molecule has 1 rings (SSSR count). The Labute approximate surface area is 96.5 Å². The van der Waals surface area contributed by atoms with Crippen molar-refractivity contribution in [3.8, 4) is 5.75 Å². The van der Waals surface area contributed by atoms with Crippen LogP contribution in [0.4, 0.5) is 4.39 Å². The van der Waals surface area contributed by atoms with Gasteiger partial charge in [0.05, 0.1) is 0 Å². The van der Waals surface area contributed by atoms with E-state index in [0.717, 1.165) is 0 Å². The van der Waals surface area contributed by atoms with Gasteiger partial charge in [0.25, 0.3) is 0 Å². The van der Waals surface area contributed by atoms with Gasteiger partial charge in [-0.2, -0.15) is 12.6 Å². The third-order valence-electron chi connectivity index (χ3n) is 1.45. The fraction of sp³-hybridized carbons (Fsp3) is 0.200. The van der Waals surface area contributed by atoms with Gasteiger partial charge in [-0.05, 0) is 12.1 Å². The molecule has 0 aliphatic heterocycles. The van der Waals surface area contributed by atoms with Crippen molar-refractivity contribution < 1.29 is 9.13 Å². The number of hydrogen-bond acceptors (Lipinski definition) is 2. The fourth-order valence-corrected chi connectivity index (χ4v) is 1.49. The maximum atomic E-state index is 12.9.